The summed E-state index contributed by atoms with van der Waals surface area (Å²) in [6.45, 7) is 6.76. The van der Waals surface area contributed by atoms with E-state index < -0.39 is 0 Å². The molecule has 0 radical (unpaired) electrons. The first-order valence-corrected chi connectivity index (χ1v) is 8.43. The summed E-state index contributed by atoms with van der Waals surface area (Å²) < 4.78 is 0. The Morgan fingerprint density at radius 2 is 1.76 bits per heavy atom. The van der Waals surface area contributed by atoms with Crippen molar-refractivity contribution >= 4 is 11.6 Å². The van der Waals surface area contributed by atoms with Gasteiger partial charge in [-0.25, -0.2) is 9.97 Å². The number of rotatable bonds is 3. The highest BCUT2D eigenvalue weighted by molar-refractivity contribution is 5.60. The Morgan fingerprint density at radius 1 is 1.10 bits per heavy atom. The summed E-state index contributed by atoms with van der Waals surface area (Å²) in [5, 5.41) is 3.23. The molecule has 1 aromatic heterocycles. The van der Waals surface area contributed by atoms with Gasteiger partial charge >= 0.3 is 0 Å². The van der Waals surface area contributed by atoms with Gasteiger partial charge in [0.1, 0.15) is 18.0 Å². The second-order valence-corrected chi connectivity index (χ2v) is 7.06. The highest BCUT2D eigenvalue weighted by Crippen LogP contribution is 2.47. The first kappa shape index (κ1) is 14.6. The quantitative estimate of drug-likeness (QED) is 0.918. The largest absolute Gasteiger partial charge is 0.373 e. The molecule has 21 heavy (non-hydrogen) atoms. The first-order valence-electron chi connectivity index (χ1n) is 8.43. The molecule has 4 heteroatoms. The van der Waals surface area contributed by atoms with Gasteiger partial charge in [-0.1, -0.05) is 26.7 Å². The van der Waals surface area contributed by atoms with Gasteiger partial charge in [0.05, 0.1) is 0 Å². The molecule has 1 aliphatic heterocycles. The van der Waals surface area contributed by atoms with Crippen LogP contribution in [0.5, 0.6) is 0 Å². The number of hydrogen-bond donors (Lipinski definition) is 1. The second kappa shape index (κ2) is 5.82. The maximum Gasteiger partial charge on any atom is 0.137 e. The zero-order chi connectivity index (χ0) is 14.9. The van der Waals surface area contributed by atoms with Crippen LogP contribution in [-0.2, 0) is 0 Å². The lowest BCUT2D eigenvalue weighted by Crippen LogP contribution is -2.40. The molecular weight excluding hydrogens is 260 g/mol. The van der Waals surface area contributed by atoms with Crippen LogP contribution in [0, 0.1) is 5.41 Å². The molecular formula is C17H28N4. The molecule has 1 N–H and O–H groups in total. The molecule has 0 atom stereocenters. The summed E-state index contributed by atoms with van der Waals surface area (Å²) in [6, 6.07) is 0. The van der Waals surface area contributed by atoms with Crippen molar-refractivity contribution in [2.24, 2.45) is 5.41 Å². The first-order chi connectivity index (χ1) is 10.2. The topological polar surface area (TPSA) is 41.1 Å². The van der Waals surface area contributed by atoms with Crippen molar-refractivity contribution in [2.75, 3.05) is 30.4 Å². The van der Waals surface area contributed by atoms with Gasteiger partial charge in [-0.15, -0.1) is 0 Å². The number of hydrogen-bond acceptors (Lipinski definition) is 4. The predicted molar refractivity (Wildman–Crippen MR) is 88.0 cm³/mol. The van der Waals surface area contributed by atoms with Crippen LogP contribution in [0.3, 0.4) is 0 Å². The van der Waals surface area contributed by atoms with Gasteiger partial charge in [-0.2, -0.15) is 0 Å². The third-order valence-corrected chi connectivity index (χ3v) is 5.46. The van der Waals surface area contributed by atoms with Gasteiger partial charge in [0.2, 0.25) is 0 Å². The normalized spacial score (nSPS) is 21.2. The molecule has 2 heterocycles. The Labute approximate surface area is 128 Å². The summed E-state index contributed by atoms with van der Waals surface area (Å²) in [6.07, 6.45) is 10.1. The molecule has 116 valence electrons. The minimum Gasteiger partial charge on any atom is -0.373 e. The van der Waals surface area contributed by atoms with Crippen molar-refractivity contribution < 1.29 is 0 Å². The number of piperidine rings is 1. The molecule has 0 aromatic carbocycles. The zero-order valence-electron chi connectivity index (χ0n) is 13.7. The van der Waals surface area contributed by atoms with E-state index >= 15 is 0 Å². The van der Waals surface area contributed by atoms with Crippen LogP contribution in [0.4, 0.5) is 11.6 Å². The van der Waals surface area contributed by atoms with Gasteiger partial charge in [0.25, 0.3) is 0 Å². The molecule has 2 aliphatic rings. The Kier molecular flexibility index (Phi) is 4.05. The average Bonchev–Trinajstić information content (AvgIpc) is 2.95. The van der Waals surface area contributed by atoms with Crippen molar-refractivity contribution in [3.63, 3.8) is 0 Å². The third-order valence-electron chi connectivity index (χ3n) is 5.46. The highest BCUT2D eigenvalue weighted by Gasteiger charge is 2.37. The maximum atomic E-state index is 4.62. The van der Waals surface area contributed by atoms with E-state index in [1.165, 1.54) is 44.1 Å². The van der Waals surface area contributed by atoms with Gasteiger partial charge in [0.15, 0.2) is 0 Å². The minimum absolute atomic E-state index is 0.436. The Balaban J connectivity index is 1.81. The van der Waals surface area contributed by atoms with Crippen LogP contribution in [0.25, 0.3) is 0 Å². The van der Waals surface area contributed by atoms with E-state index in [1.807, 2.05) is 7.05 Å². The summed E-state index contributed by atoms with van der Waals surface area (Å²) in [5.74, 6) is 2.57. The lowest BCUT2D eigenvalue weighted by atomic mass is 9.77. The summed E-state index contributed by atoms with van der Waals surface area (Å²) in [7, 11) is 1.95. The number of nitrogens with zero attached hydrogens (tertiary/aromatic N) is 3. The predicted octanol–water partition coefficient (Wildman–Crippen LogP) is 3.80. The monoisotopic (exact) mass is 288 g/mol. The van der Waals surface area contributed by atoms with Crippen LogP contribution < -0.4 is 10.2 Å². The average molecular weight is 288 g/mol. The summed E-state index contributed by atoms with van der Waals surface area (Å²) in [5.41, 5.74) is 1.93. The summed E-state index contributed by atoms with van der Waals surface area (Å²) in [4.78, 5) is 11.5. The molecule has 1 aromatic rings. The van der Waals surface area contributed by atoms with Crippen LogP contribution in [0.15, 0.2) is 6.33 Å². The van der Waals surface area contributed by atoms with Crippen molar-refractivity contribution in [1.82, 2.24) is 9.97 Å². The smallest absolute Gasteiger partial charge is 0.137 e. The molecule has 3 rings (SSSR count). The van der Waals surface area contributed by atoms with E-state index in [1.54, 1.807) is 6.33 Å². The third kappa shape index (κ3) is 2.72. The molecule has 4 nitrogen and oxygen atoms in total. The molecule has 0 unspecified atom stereocenters. The Morgan fingerprint density at radius 3 is 2.33 bits per heavy atom. The van der Waals surface area contributed by atoms with Gasteiger partial charge in [-0.3, -0.25) is 0 Å². The van der Waals surface area contributed by atoms with Gasteiger partial charge in [0, 0.05) is 25.7 Å². The van der Waals surface area contributed by atoms with Crippen LogP contribution in [0.2, 0.25) is 0 Å². The fraction of sp³-hybridized carbons (Fsp3) is 0.765. The number of nitrogens with one attached hydrogen (secondary N) is 1. The van der Waals surface area contributed by atoms with E-state index in [0.717, 1.165) is 24.7 Å². The maximum absolute atomic E-state index is 4.62. The Bertz CT molecular complexity index is 482. The minimum atomic E-state index is 0.436. The molecule has 1 spiro atoms. The SMILES string of the molecule is CNc1ncnc(N2CCC3(CCCC3)CC2)c1C(C)C. The fourth-order valence-electron chi connectivity index (χ4n) is 4.19. The molecule has 0 amide bonds. The molecule has 1 saturated heterocycles. The fourth-order valence-corrected chi connectivity index (χ4v) is 4.19. The number of aromatic nitrogens is 2. The van der Waals surface area contributed by atoms with E-state index in [-0.39, 0.29) is 0 Å². The van der Waals surface area contributed by atoms with Gasteiger partial charge < -0.3 is 10.2 Å². The Hall–Kier alpha value is -1.32. The lowest BCUT2D eigenvalue weighted by Gasteiger charge is -2.40. The highest BCUT2D eigenvalue weighted by atomic mass is 15.2. The molecule has 1 aliphatic carbocycles. The van der Waals surface area contributed by atoms with Crippen molar-refractivity contribution in [1.29, 1.82) is 0 Å². The standard InChI is InChI=1S/C17H28N4/c1-13(2)14-15(18-3)19-12-20-16(14)21-10-8-17(9-11-21)6-4-5-7-17/h12-13H,4-11H2,1-3H3,(H,18,19,20). The second-order valence-electron chi connectivity index (χ2n) is 7.06. The van der Waals surface area contributed by atoms with E-state index in [2.05, 4.69) is 34.0 Å². The molecule has 2 fully saturated rings. The van der Waals surface area contributed by atoms with Crippen LogP contribution in [0.1, 0.15) is 63.9 Å². The van der Waals surface area contributed by atoms with Crippen LogP contribution in [-0.4, -0.2) is 30.1 Å². The lowest BCUT2D eigenvalue weighted by molar-refractivity contribution is 0.226. The van der Waals surface area contributed by atoms with E-state index in [4.69, 9.17) is 0 Å². The zero-order valence-corrected chi connectivity index (χ0v) is 13.7. The van der Waals surface area contributed by atoms with E-state index in [0.29, 0.717) is 11.3 Å². The number of anilines is 2. The van der Waals surface area contributed by atoms with Gasteiger partial charge in [-0.05, 0) is 37.0 Å². The summed E-state index contributed by atoms with van der Waals surface area (Å²) >= 11 is 0. The van der Waals surface area contributed by atoms with Crippen molar-refractivity contribution in [2.45, 2.75) is 58.3 Å². The van der Waals surface area contributed by atoms with Crippen molar-refractivity contribution in [3.05, 3.63) is 11.9 Å². The molecule has 1 saturated carbocycles. The van der Waals surface area contributed by atoms with E-state index in [9.17, 15) is 0 Å². The molecule has 0 bridgehead atoms. The van der Waals surface area contributed by atoms with Crippen LogP contribution >= 0.6 is 0 Å². The van der Waals surface area contributed by atoms with Crippen molar-refractivity contribution in [3.8, 4) is 0 Å².